The van der Waals surface area contributed by atoms with Crippen LogP contribution in [0.1, 0.15) is 32.4 Å². The van der Waals surface area contributed by atoms with Crippen LogP contribution in [-0.4, -0.2) is 29.7 Å². The maximum atomic E-state index is 11.3. The first kappa shape index (κ1) is 15.5. The summed E-state index contributed by atoms with van der Waals surface area (Å²) in [7, 11) is 0. The van der Waals surface area contributed by atoms with Gasteiger partial charge in [0.2, 0.25) is 5.91 Å². The fourth-order valence-corrected chi connectivity index (χ4v) is 1.54. The van der Waals surface area contributed by atoms with E-state index in [1.165, 1.54) is 0 Å². The molecule has 0 aliphatic heterocycles. The molecule has 19 heavy (non-hydrogen) atoms. The molecule has 0 saturated heterocycles. The molecule has 0 bridgehead atoms. The third kappa shape index (κ3) is 5.28. The summed E-state index contributed by atoms with van der Waals surface area (Å²) >= 11 is 0. The fourth-order valence-electron chi connectivity index (χ4n) is 1.54. The molecule has 1 amide bonds. The van der Waals surface area contributed by atoms with E-state index in [-0.39, 0.29) is 18.6 Å². The van der Waals surface area contributed by atoms with Gasteiger partial charge in [0.1, 0.15) is 5.75 Å². The number of nitrogens with two attached hydrogens (primary N) is 1. The van der Waals surface area contributed by atoms with Gasteiger partial charge in [-0.2, -0.15) is 0 Å². The number of amides is 1. The average molecular weight is 266 g/mol. The fraction of sp³-hybridized carbons (Fsp3) is 0.500. The molecule has 0 aliphatic rings. The Kier molecular flexibility index (Phi) is 5.79. The predicted molar refractivity (Wildman–Crippen MR) is 73.8 cm³/mol. The van der Waals surface area contributed by atoms with Crippen molar-refractivity contribution in [1.82, 2.24) is 5.32 Å². The summed E-state index contributed by atoms with van der Waals surface area (Å²) in [5.74, 6) is 0.415. The van der Waals surface area contributed by atoms with Crippen LogP contribution in [0, 0.1) is 0 Å². The number of aliphatic hydroxyl groups excluding tert-OH is 1. The van der Waals surface area contributed by atoms with Crippen LogP contribution in [0.4, 0.5) is 0 Å². The lowest BCUT2D eigenvalue weighted by molar-refractivity contribution is -0.122. The van der Waals surface area contributed by atoms with Gasteiger partial charge in [-0.1, -0.05) is 12.1 Å². The van der Waals surface area contributed by atoms with Crippen molar-refractivity contribution in [2.24, 2.45) is 5.73 Å². The van der Waals surface area contributed by atoms with Crippen LogP contribution in [0.5, 0.6) is 5.75 Å². The van der Waals surface area contributed by atoms with Crippen LogP contribution >= 0.6 is 0 Å². The van der Waals surface area contributed by atoms with Crippen LogP contribution in [0.15, 0.2) is 24.3 Å². The van der Waals surface area contributed by atoms with Crippen LogP contribution in [0.3, 0.4) is 0 Å². The first-order chi connectivity index (χ1) is 8.90. The van der Waals surface area contributed by atoms with Crippen molar-refractivity contribution in [3.63, 3.8) is 0 Å². The van der Waals surface area contributed by atoms with Gasteiger partial charge in [0.25, 0.3) is 0 Å². The van der Waals surface area contributed by atoms with E-state index in [0.29, 0.717) is 11.3 Å². The second kappa shape index (κ2) is 7.11. The minimum Gasteiger partial charge on any atom is -0.491 e. The van der Waals surface area contributed by atoms with Gasteiger partial charge < -0.3 is 20.9 Å². The molecule has 106 valence electrons. The predicted octanol–water partition coefficient (Wildman–Crippen LogP) is 0.971. The Morgan fingerprint density at radius 2 is 2.11 bits per heavy atom. The summed E-state index contributed by atoms with van der Waals surface area (Å²) < 4.78 is 5.55. The molecule has 0 fully saturated rings. The Labute approximate surface area is 113 Å². The summed E-state index contributed by atoms with van der Waals surface area (Å²) in [6, 6.07) is 6.61. The van der Waals surface area contributed by atoms with Gasteiger partial charge in [0.05, 0.1) is 18.2 Å². The zero-order valence-corrected chi connectivity index (χ0v) is 11.6. The molecule has 0 saturated carbocycles. The van der Waals surface area contributed by atoms with Crippen molar-refractivity contribution in [3.05, 3.63) is 29.8 Å². The number of carbonyl (C=O) groups is 1. The lowest BCUT2D eigenvalue weighted by atomic mass is 10.1. The molecule has 2 atom stereocenters. The number of nitrogens with one attached hydrogen (secondary N) is 1. The van der Waals surface area contributed by atoms with Crippen LogP contribution in [0.2, 0.25) is 0 Å². The summed E-state index contributed by atoms with van der Waals surface area (Å²) in [6.45, 7) is 5.60. The van der Waals surface area contributed by atoms with Gasteiger partial charge in [0.15, 0.2) is 0 Å². The lowest BCUT2D eigenvalue weighted by Crippen LogP contribution is -2.40. The average Bonchev–Trinajstić information content (AvgIpc) is 2.34. The van der Waals surface area contributed by atoms with Gasteiger partial charge in [-0.15, -0.1) is 0 Å². The van der Waals surface area contributed by atoms with Crippen LogP contribution in [0.25, 0.3) is 0 Å². The second-order valence-electron chi connectivity index (χ2n) is 4.79. The number of ether oxygens (including phenoxy) is 1. The number of rotatable bonds is 6. The molecule has 1 aromatic rings. The molecule has 5 heteroatoms. The van der Waals surface area contributed by atoms with E-state index in [0.717, 1.165) is 0 Å². The molecule has 0 radical (unpaired) electrons. The Bertz CT molecular complexity index is 419. The summed E-state index contributed by atoms with van der Waals surface area (Å²) in [5, 5.41) is 12.6. The summed E-state index contributed by atoms with van der Waals surface area (Å²) in [4.78, 5) is 11.3. The molecule has 0 aromatic heterocycles. The third-order valence-corrected chi connectivity index (χ3v) is 2.50. The molecular weight excluding hydrogens is 244 g/mol. The molecule has 1 rings (SSSR count). The SMILES string of the molecule is CC(C)Oc1cccc(C(O)CNC(=O)[C@@H](C)N)c1. The highest BCUT2D eigenvalue weighted by Crippen LogP contribution is 2.19. The van der Waals surface area contributed by atoms with E-state index in [1.54, 1.807) is 19.1 Å². The van der Waals surface area contributed by atoms with Gasteiger partial charge in [-0.25, -0.2) is 0 Å². The Morgan fingerprint density at radius 1 is 1.42 bits per heavy atom. The lowest BCUT2D eigenvalue weighted by Gasteiger charge is -2.15. The van der Waals surface area contributed by atoms with Crippen molar-refractivity contribution in [2.45, 2.75) is 39.0 Å². The van der Waals surface area contributed by atoms with E-state index < -0.39 is 12.1 Å². The van der Waals surface area contributed by atoms with Crippen molar-refractivity contribution < 1.29 is 14.6 Å². The Hall–Kier alpha value is -1.59. The highest BCUT2D eigenvalue weighted by molar-refractivity contribution is 5.80. The zero-order chi connectivity index (χ0) is 14.4. The zero-order valence-electron chi connectivity index (χ0n) is 11.6. The standard InChI is InChI=1S/C14H22N2O3/c1-9(2)19-12-6-4-5-11(7-12)13(17)8-16-14(18)10(3)15/h4-7,9-10,13,17H,8,15H2,1-3H3,(H,16,18)/t10-,13?/m1/s1. The smallest absolute Gasteiger partial charge is 0.236 e. The molecule has 1 aromatic carbocycles. The Morgan fingerprint density at radius 3 is 2.68 bits per heavy atom. The van der Waals surface area contributed by atoms with E-state index in [2.05, 4.69) is 5.32 Å². The number of hydrogen-bond acceptors (Lipinski definition) is 4. The topological polar surface area (TPSA) is 84.6 Å². The van der Waals surface area contributed by atoms with E-state index in [1.807, 2.05) is 26.0 Å². The van der Waals surface area contributed by atoms with Crippen LogP contribution in [-0.2, 0) is 4.79 Å². The summed E-state index contributed by atoms with van der Waals surface area (Å²) in [5.41, 5.74) is 6.12. The highest BCUT2D eigenvalue weighted by atomic mass is 16.5. The monoisotopic (exact) mass is 266 g/mol. The number of benzene rings is 1. The maximum Gasteiger partial charge on any atom is 0.236 e. The second-order valence-corrected chi connectivity index (χ2v) is 4.79. The van der Waals surface area contributed by atoms with Crippen molar-refractivity contribution >= 4 is 5.91 Å². The third-order valence-electron chi connectivity index (χ3n) is 2.50. The number of carbonyl (C=O) groups excluding carboxylic acids is 1. The Balaban J connectivity index is 2.61. The molecule has 0 aliphatic carbocycles. The van der Waals surface area contributed by atoms with Crippen molar-refractivity contribution in [2.75, 3.05) is 6.54 Å². The van der Waals surface area contributed by atoms with E-state index >= 15 is 0 Å². The molecule has 1 unspecified atom stereocenters. The van der Waals surface area contributed by atoms with Gasteiger partial charge in [-0.3, -0.25) is 4.79 Å². The minimum absolute atomic E-state index is 0.0742. The van der Waals surface area contributed by atoms with Gasteiger partial charge in [-0.05, 0) is 38.5 Å². The first-order valence-corrected chi connectivity index (χ1v) is 6.38. The van der Waals surface area contributed by atoms with Gasteiger partial charge in [0, 0.05) is 6.54 Å². The van der Waals surface area contributed by atoms with Crippen LogP contribution < -0.4 is 15.8 Å². The van der Waals surface area contributed by atoms with Crippen molar-refractivity contribution in [1.29, 1.82) is 0 Å². The van der Waals surface area contributed by atoms with Gasteiger partial charge >= 0.3 is 0 Å². The highest BCUT2D eigenvalue weighted by Gasteiger charge is 2.12. The first-order valence-electron chi connectivity index (χ1n) is 6.38. The number of aliphatic hydroxyl groups is 1. The maximum absolute atomic E-state index is 11.3. The molecule has 0 heterocycles. The largest absolute Gasteiger partial charge is 0.491 e. The quantitative estimate of drug-likeness (QED) is 0.716. The molecule has 0 spiro atoms. The molecule has 5 nitrogen and oxygen atoms in total. The number of hydrogen-bond donors (Lipinski definition) is 3. The van der Waals surface area contributed by atoms with E-state index in [4.69, 9.17) is 10.5 Å². The van der Waals surface area contributed by atoms with E-state index in [9.17, 15) is 9.90 Å². The normalized spacial score (nSPS) is 14.0. The summed E-state index contributed by atoms with van der Waals surface area (Å²) in [6.07, 6.45) is -0.705. The molecular formula is C14H22N2O3. The van der Waals surface area contributed by atoms with Crippen molar-refractivity contribution in [3.8, 4) is 5.75 Å². The minimum atomic E-state index is -0.779. The molecule has 4 N–H and O–H groups in total.